The van der Waals surface area contributed by atoms with Gasteiger partial charge in [0.25, 0.3) is 0 Å². The molecular formula is C20H25N3S. The topological polar surface area (TPSA) is 27.6 Å². The molecule has 1 atom stereocenters. The smallest absolute Gasteiger partial charge is 0.0745 e. The van der Waals surface area contributed by atoms with Crippen molar-refractivity contribution in [1.82, 2.24) is 5.43 Å². The minimum atomic E-state index is 0.301. The second kappa shape index (κ2) is 6.60. The van der Waals surface area contributed by atoms with Gasteiger partial charge in [0, 0.05) is 40.5 Å². The molecular weight excluding hydrogens is 314 g/mol. The first-order valence-corrected chi connectivity index (χ1v) is 9.77. The molecule has 2 aromatic rings. The van der Waals surface area contributed by atoms with Gasteiger partial charge in [0.2, 0.25) is 0 Å². The van der Waals surface area contributed by atoms with Crippen molar-refractivity contribution in [2.24, 2.45) is 5.10 Å². The number of nitrogens with one attached hydrogen (secondary N) is 1. The number of piperidine rings is 1. The van der Waals surface area contributed by atoms with Crippen molar-refractivity contribution in [3.63, 3.8) is 0 Å². The maximum atomic E-state index is 4.61. The highest BCUT2D eigenvalue weighted by atomic mass is 32.1. The second-order valence-corrected chi connectivity index (χ2v) is 8.37. The summed E-state index contributed by atoms with van der Waals surface area (Å²) >= 11 is 1.86. The van der Waals surface area contributed by atoms with Crippen molar-refractivity contribution in [2.75, 3.05) is 18.0 Å². The summed E-state index contributed by atoms with van der Waals surface area (Å²) in [5.41, 5.74) is 8.54. The first-order valence-electron chi connectivity index (χ1n) is 8.95. The highest BCUT2D eigenvalue weighted by molar-refractivity contribution is 7.12. The van der Waals surface area contributed by atoms with E-state index in [-0.39, 0.29) is 0 Å². The highest BCUT2D eigenvalue weighted by Gasteiger charge is 2.23. The lowest BCUT2D eigenvalue weighted by Gasteiger charge is -2.29. The monoisotopic (exact) mass is 339 g/mol. The number of nitrogens with zero attached hydrogens (tertiary/aromatic N) is 2. The van der Waals surface area contributed by atoms with Gasteiger partial charge in [0.1, 0.15) is 0 Å². The minimum Gasteiger partial charge on any atom is -0.372 e. The summed E-state index contributed by atoms with van der Waals surface area (Å²) in [7, 11) is 0. The van der Waals surface area contributed by atoms with Gasteiger partial charge < -0.3 is 10.3 Å². The lowest BCUT2D eigenvalue weighted by Crippen LogP contribution is -2.29. The van der Waals surface area contributed by atoms with E-state index in [0.717, 1.165) is 6.42 Å². The predicted molar refractivity (Wildman–Crippen MR) is 103 cm³/mol. The lowest BCUT2D eigenvalue weighted by molar-refractivity contribution is 0.577. The first kappa shape index (κ1) is 15.7. The van der Waals surface area contributed by atoms with E-state index in [9.17, 15) is 0 Å². The molecule has 24 heavy (non-hydrogen) atoms. The Kier molecular flexibility index (Phi) is 4.31. The molecule has 4 rings (SSSR count). The van der Waals surface area contributed by atoms with Crippen LogP contribution in [0.1, 0.15) is 52.6 Å². The Morgan fingerprint density at radius 2 is 1.83 bits per heavy atom. The number of hydrazone groups is 1. The average molecular weight is 340 g/mol. The van der Waals surface area contributed by atoms with Gasteiger partial charge in [-0.15, -0.1) is 11.3 Å². The van der Waals surface area contributed by atoms with Crippen LogP contribution in [0, 0.1) is 13.8 Å². The van der Waals surface area contributed by atoms with E-state index in [1.165, 1.54) is 64.6 Å². The number of aryl methyl sites for hydroxylation is 2. The molecule has 1 saturated heterocycles. The second-order valence-electron chi connectivity index (χ2n) is 6.91. The van der Waals surface area contributed by atoms with Crippen molar-refractivity contribution in [1.29, 1.82) is 0 Å². The summed E-state index contributed by atoms with van der Waals surface area (Å²) < 4.78 is 0. The van der Waals surface area contributed by atoms with Crippen LogP contribution in [-0.4, -0.2) is 18.8 Å². The van der Waals surface area contributed by atoms with E-state index >= 15 is 0 Å². The Morgan fingerprint density at radius 3 is 2.50 bits per heavy atom. The SMILES string of the molecule is Cc1cc(C2=NNC(c3ccc(N4CCCCC4)cc3)C2)c(C)s1. The summed E-state index contributed by atoms with van der Waals surface area (Å²) in [4.78, 5) is 5.24. The van der Waals surface area contributed by atoms with Gasteiger partial charge in [0.05, 0.1) is 11.8 Å². The van der Waals surface area contributed by atoms with Crippen LogP contribution in [0.3, 0.4) is 0 Å². The molecule has 2 aliphatic rings. The molecule has 1 aromatic heterocycles. The fraction of sp³-hybridized carbons (Fsp3) is 0.450. The van der Waals surface area contributed by atoms with E-state index in [0.29, 0.717) is 6.04 Å². The fourth-order valence-corrected chi connectivity index (χ4v) is 4.74. The summed E-state index contributed by atoms with van der Waals surface area (Å²) in [5.74, 6) is 0. The maximum Gasteiger partial charge on any atom is 0.0745 e. The molecule has 1 N–H and O–H groups in total. The van der Waals surface area contributed by atoms with Crippen LogP contribution in [0.2, 0.25) is 0 Å². The third-order valence-corrected chi connectivity index (χ3v) is 6.09. The maximum absolute atomic E-state index is 4.61. The minimum absolute atomic E-state index is 0.301. The van der Waals surface area contributed by atoms with Gasteiger partial charge in [-0.05, 0) is 56.9 Å². The number of thiophene rings is 1. The van der Waals surface area contributed by atoms with Gasteiger partial charge >= 0.3 is 0 Å². The van der Waals surface area contributed by atoms with Crippen molar-refractivity contribution in [2.45, 2.75) is 45.6 Å². The number of anilines is 1. The molecule has 1 unspecified atom stereocenters. The van der Waals surface area contributed by atoms with E-state index < -0.39 is 0 Å². The normalized spacial score (nSPS) is 20.8. The molecule has 0 amide bonds. The molecule has 1 aromatic carbocycles. The Balaban J connectivity index is 1.45. The molecule has 1 fully saturated rings. The summed E-state index contributed by atoms with van der Waals surface area (Å²) in [6.07, 6.45) is 4.99. The molecule has 3 nitrogen and oxygen atoms in total. The zero-order valence-electron chi connectivity index (χ0n) is 14.5. The van der Waals surface area contributed by atoms with Crippen molar-refractivity contribution >= 4 is 22.7 Å². The molecule has 126 valence electrons. The summed E-state index contributed by atoms with van der Waals surface area (Å²) in [5, 5.41) is 4.61. The lowest BCUT2D eigenvalue weighted by atomic mass is 9.99. The fourth-order valence-electron chi connectivity index (χ4n) is 3.79. The quantitative estimate of drug-likeness (QED) is 0.870. The van der Waals surface area contributed by atoms with E-state index in [2.05, 4.69) is 59.6 Å². The zero-order chi connectivity index (χ0) is 16.5. The average Bonchev–Trinajstić information content (AvgIpc) is 3.22. The summed E-state index contributed by atoms with van der Waals surface area (Å²) in [6, 6.07) is 11.7. The van der Waals surface area contributed by atoms with Gasteiger partial charge in [-0.3, -0.25) is 0 Å². The van der Waals surface area contributed by atoms with Crippen molar-refractivity contribution < 1.29 is 0 Å². The van der Waals surface area contributed by atoms with Crippen LogP contribution in [0.15, 0.2) is 35.4 Å². The van der Waals surface area contributed by atoms with E-state index in [1.807, 2.05) is 11.3 Å². The Hall–Kier alpha value is -1.81. The number of benzene rings is 1. The summed E-state index contributed by atoms with van der Waals surface area (Å²) in [6.45, 7) is 6.76. The van der Waals surface area contributed by atoms with Gasteiger partial charge in [0.15, 0.2) is 0 Å². The molecule has 3 heterocycles. The van der Waals surface area contributed by atoms with Gasteiger partial charge in [-0.25, -0.2) is 0 Å². The van der Waals surface area contributed by atoms with Crippen LogP contribution >= 0.6 is 11.3 Å². The first-order chi connectivity index (χ1) is 11.7. The van der Waals surface area contributed by atoms with Crippen molar-refractivity contribution in [3.05, 3.63) is 51.2 Å². The molecule has 0 aliphatic carbocycles. The number of hydrogen-bond donors (Lipinski definition) is 1. The van der Waals surface area contributed by atoms with Crippen LogP contribution < -0.4 is 10.3 Å². The Bertz CT molecular complexity index is 739. The van der Waals surface area contributed by atoms with Gasteiger partial charge in [-0.2, -0.15) is 5.10 Å². The molecule has 0 bridgehead atoms. The molecule has 0 saturated carbocycles. The number of rotatable bonds is 3. The molecule has 0 radical (unpaired) electrons. The predicted octanol–water partition coefficient (Wildman–Crippen LogP) is 4.79. The van der Waals surface area contributed by atoms with Crippen LogP contribution in [0.5, 0.6) is 0 Å². The molecule has 2 aliphatic heterocycles. The van der Waals surface area contributed by atoms with Crippen LogP contribution in [0.4, 0.5) is 5.69 Å². The number of hydrogen-bond acceptors (Lipinski definition) is 4. The van der Waals surface area contributed by atoms with E-state index in [1.54, 1.807) is 0 Å². The third kappa shape index (κ3) is 3.07. The van der Waals surface area contributed by atoms with Gasteiger partial charge in [-0.1, -0.05) is 12.1 Å². The Morgan fingerprint density at radius 1 is 1.08 bits per heavy atom. The molecule has 4 heteroatoms. The highest BCUT2D eigenvalue weighted by Crippen LogP contribution is 2.30. The largest absolute Gasteiger partial charge is 0.372 e. The van der Waals surface area contributed by atoms with Crippen LogP contribution in [0.25, 0.3) is 0 Å². The van der Waals surface area contributed by atoms with Crippen LogP contribution in [-0.2, 0) is 0 Å². The standard InChI is InChI=1S/C20H25N3S/c1-14-12-18(15(2)24-14)20-13-19(21-22-20)16-6-8-17(9-7-16)23-10-4-3-5-11-23/h6-9,12,19,21H,3-5,10-11,13H2,1-2H3. The third-order valence-electron chi connectivity index (χ3n) is 5.12. The van der Waals surface area contributed by atoms with E-state index in [4.69, 9.17) is 0 Å². The Labute approximate surface area is 148 Å². The van der Waals surface area contributed by atoms with Crippen molar-refractivity contribution in [3.8, 4) is 0 Å². The zero-order valence-corrected chi connectivity index (χ0v) is 15.3. The molecule has 0 spiro atoms.